The van der Waals surface area contributed by atoms with Crippen LogP contribution in [0.1, 0.15) is 18.0 Å². The molecule has 1 fully saturated rings. The molecule has 2 aromatic heterocycles. The number of nitrogens with zero attached hydrogens (tertiary/aromatic N) is 4. The van der Waals surface area contributed by atoms with Gasteiger partial charge in [-0.25, -0.2) is 9.18 Å². The Balaban J connectivity index is 1.66. The number of carbonyl (C=O) groups excluding carboxylic acids is 1. The highest BCUT2D eigenvalue weighted by Gasteiger charge is 2.34. The van der Waals surface area contributed by atoms with Crippen molar-refractivity contribution in [1.29, 1.82) is 0 Å². The van der Waals surface area contributed by atoms with Crippen molar-refractivity contribution in [2.45, 2.75) is 12.5 Å². The van der Waals surface area contributed by atoms with Crippen LogP contribution in [0.25, 0.3) is 0 Å². The molecule has 6 nitrogen and oxygen atoms in total. The lowest BCUT2D eigenvalue weighted by Gasteiger charge is -2.28. The zero-order valence-corrected chi connectivity index (χ0v) is 14.4. The predicted octanol–water partition coefficient (Wildman–Crippen LogP) is 2.77. The van der Waals surface area contributed by atoms with E-state index < -0.39 is 5.82 Å². The number of likely N-dealkylation sites (tertiary alicyclic amines) is 1. The lowest BCUT2D eigenvalue weighted by Crippen LogP contribution is -2.37. The number of halogens is 1. The molecule has 7 heteroatoms. The number of pyridine rings is 2. The Kier molecular flexibility index (Phi) is 5.23. The van der Waals surface area contributed by atoms with Crippen molar-refractivity contribution in [2.75, 3.05) is 32.5 Å². The minimum absolute atomic E-state index is 0.138. The van der Waals surface area contributed by atoms with Crippen LogP contribution in [0.2, 0.25) is 0 Å². The number of amides is 2. The van der Waals surface area contributed by atoms with Gasteiger partial charge in [-0.1, -0.05) is 6.07 Å². The van der Waals surface area contributed by atoms with Crippen LogP contribution in [-0.4, -0.2) is 53.0 Å². The summed E-state index contributed by atoms with van der Waals surface area (Å²) in [4.78, 5) is 24.2. The zero-order valence-electron chi connectivity index (χ0n) is 14.4. The number of nitrogens with one attached hydrogen (secondary N) is 1. The first-order valence-electron chi connectivity index (χ1n) is 8.28. The quantitative estimate of drug-likeness (QED) is 0.927. The van der Waals surface area contributed by atoms with Gasteiger partial charge in [0.15, 0.2) is 5.82 Å². The van der Waals surface area contributed by atoms with Crippen LogP contribution in [-0.2, 0) is 0 Å². The van der Waals surface area contributed by atoms with E-state index in [1.807, 2.05) is 12.3 Å². The molecule has 0 unspecified atom stereocenters. The predicted molar refractivity (Wildman–Crippen MR) is 93.6 cm³/mol. The summed E-state index contributed by atoms with van der Waals surface area (Å²) in [6.45, 7) is 1.56. The summed E-state index contributed by atoms with van der Waals surface area (Å²) in [6.07, 6.45) is 7.17. The minimum Gasteiger partial charge on any atom is -0.327 e. The van der Waals surface area contributed by atoms with Crippen LogP contribution in [0.15, 0.2) is 43.0 Å². The molecular formula is C18H22FN5O. The molecule has 0 aromatic carbocycles. The molecule has 0 radical (unpaired) electrons. The van der Waals surface area contributed by atoms with Crippen molar-refractivity contribution in [2.24, 2.45) is 5.92 Å². The maximum atomic E-state index is 13.6. The lowest BCUT2D eigenvalue weighted by atomic mass is 9.94. The van der Waals surface area contributed by atoms with Gasteiger partial charge in [0.2, 0.25) is 0 Å². The lowest BCUT2D eigenvalue weighted by molar-refractivity contribution is 0.201. The van der Waals surface area contributed by atoms with Gasteiger partial charge in [-0.2, -0.15) is 0 Å². The van der Waals surface area contributed by atoms with Crippen LogP contribution >= 0.6 is 0 Å². The van der Waals surface area contributed by atoms with Gasteiger partial charge in [-0.15, -0.1) is 0 Å². The summed E-state index contributed by atoms with van der Waals surface area (Å²) >= 11 is 0. The molecule has 2 atom stereocenters. The topological polar surface area (TPSA) is 61.4 Å². The summed E-state index contributed by atoms with van der Waals surface area (Å²) in [7, 11) is 3.82. The summed E-state index contributed by atoms with van der Waals surface area (Å²) in [5.74, 6) is -0.245. The molecule has 1 saturated heterocycles. The molecule has 0 spiro atoms. The summed E-state index contributed by atoms with van der Waals surface area (Å²) < 4.78 is 13.6. The number of carbonyl (C=O) groups is 1. The van der Waals surface area contributed by atoms with E-state index in [1.165, 1.54) is 12.3 Å². The highest BCUT2D eigenvalue weighted by Crippen LogP contribution is 2.36. The third-order valence-corrected chi connectivity index (χ3v) is 4.67. The van der Waals surface area contributed by atoms with Gasteiger partial charge in [0.1, 0.15) is 0 Å². The van der Waals surface area contributed by atoms with Gasteiger partial charge in [-0.3, -0.25) is 14.9 Å². The standard InChI is InChI=1S/C18H22FN5O/c1-23-9-6-14(17(23)13-4-3-7-20-10-13)12-24(2)18(25)22-16-5-8-21-11-15(16)19/h3-5,7-8,10-11,14,17H,6,9,12H2,1-2H3,(H,21,22,25)/t14-,17-/m0/s1. The second-order valence-electron chi connectivity index (χ2n) is 6.43. The normalized spacial score (nSPS) is 20.4. The SMILES string of the molecule is CN(C[C@@H]1CCN(C)[C@H]1c1cccnc1)C(=O)Nc1ccncc1F. The van der Waals surface area contributed by atoms with Crippen molar-refractivity contribution < 1.29 is 9.18 Å². The van der Waals surface area contributed by atoms with E-state index in [-0.39, 0.29) is 17.8 Å². The first-order valence-corrected chi connectivity index (χ1v) is 8.28. The van der Waals surface area contributed by atoms with Crippen molar-refractivity contribution in [3.63, 3.8) is 0 Å². The van der Waals surface area contributed by atoms with Gasteiger partial charge in [-0.05, 0) is 43.6 Å². The Morgan fingerprint density at radius 1 is 1.36 bits per heavy atom. The second-order valence-corrected chi connectivity index (χ2v) is 6.43. The highest BCUT2D eigenvalue weighted by atomic mass is 19.1. The van der Waals surface area contributed by atoms with Gasteiger partial charge in [0, 0.05) is 38.2 Å². The fourth-order valence-electron chi connectivity index (χ4n) is 3.42. The van der Waals surface area contributed by atoms with Gasteiger partial charge < -0.3 is 10.2 Å². The first kappa shape index (κ1) is 17.3. The number of rotatable bonds is 4. The van der Waals surface area contributed by atoms with E-state index in [2.05, 4.69) is 33.3 Å². The monoisotopic (exact) mass is 343 g/mol. The van der Waals surface area contributed by atoms with Crippen LogP contribution in [0.5, 0.6) is 0 Å². The maximum Gasteiger partial charge on any atom is 0.321 e. The van der Waals surface area contributed by atoms with Crippen LogP contribution in [0, 0.1) is 11.7 Å². The van der Waals surface area contributed by atoms with Crippen molar-refractivity contribution in [3.8, 4) is 0 Å². The van der Waals surface area contributed by atoms with E-state index in [0.717, 1.165) is 24.7 Å². The molecule has 25 heavy (non-hydrogen) atoms. The summed E-state index contributed by atoms with van der Waals surface area (Å²) in [6, 6.07) is 5.34. The van der Waals surface area contributed by atoms with Crippen LogP contribution in [0.3, 0.4) is 0 Å². The largest absolute Gasteiger partial charge is 0.327 e. The highest BCUT2D eigenvalue weighted by molar-refractivity contribution is 5.89. The molecule has 132 valence electrons. The Hall–Kier alpha value is -2.54. The summed E-state index contributed by atoms with van der Waals surface area (Å²) in [5, 5.41) is 2.60. The maximum absolute atomic E-state index is 13.6. The Morgan fingerprint density at radius 3 is 2.88 bits per heavy atom. The molecule has 0 aliphatic carbocycles. The van der Waals surface area contributed by atoms with E-state index in [1.54, 1.807) is 18.1 Å². The molecule has 2 aromatic rings. The summed E-state index contributed by atoms with van der Waals surface area (Å²) in [5.41, 5.74) is 1.29. The molecule has 0 bridgehead atoms. The number of anilines is 1. The molecular weight excluding hydrogens is 321 g/mol. The van der Waals surface area contributed by atoms with Gasteiger partial charge >= 0.3 is 6.03 Å². The van der Waals surface area contributed by atoms with E-state index in [9.17, 15) is 9.18 Å². The van der Waals surface area contributed by atoms with Gasteiger partial charge in [0.25, 0.3) is 0 Å². The van der Waals surface area contributed by atoms with Crippen molar-refractivity contribution in [3.05, 3.63) is 54.4 Å². The Morgan fingerprint density at radius 2 is 2.16 bits per heavy atom. The van der Waals surface area contributed by atoms with E-state index in [4.69, 9.17) is 0 Å². The molecule has 1 aliphatic rings. The van der Waals surface area contributed by atoms with Crippen LogP contribution in [0.4, 0.5) is 14.9 Å². The number of hydrogen-bond acceptors (Lipinski definition) is 4. The average molecular weight is 343 g/mol. The van der Waals surface area contributed by atoms with Gasteiger partial charge in [0.05, 0.1) is 11.9 Å². The number of hydrogen-bond donors (Lipinski definition) is 1. The smallest absolute Gasteiger partial charge is 0.321 e. The molecule has 1 N–H and O–H groups in total. The third-order valence-electron chi connectivity index (χ3n) is 4.67. The van der Waals surface area contributed by atoms with Crippen molar-refractivity contribution in [1.82, 2.24) is 19.8 Å². The molecule has 2 amide bonds. The van der Waals surface area contributed by atoms with E-state index in [0.29, 0.717) is 12.5 Å². The second kappa shape index (κ2) is 7.57. The van der Waals surface area contributed by atoms with E-state index >= 15 is 0 Å². The fraction of sp³-hybridized carbons (Fsp3) is 0.389. The Bertz CT molecular complexity index is 726. The molecule has 3 heterocycles. The first-order chi connectivity index (χ1) is 12.1. The van der Waals surface area contributed by atoms with Crippen LogP contribution < -0.4 is 5.32 Å². The molecule has 3 rings (SSSR count). The molecule has 0 saturated carbocycles. The number of urea groups is 1. The van der Waals surface area contributed by atoms with Crippen molar-refractivity contribution >= 4 is 11.7 Å². The average Bonchev–Trinajstić information content (AvgIpc) is 2.98. The molecule has 1 aliphatic heterocycles. The number of aromatic nitrogens is 2. The zero-order chi connectivity index (χ0) is 17.8. The minimum atomic E-state index is -0.543. The third kappa shape index (κ3) is 3.93. The fourth-order valence-corrected chi connectivity index (χ4v) is 3.42. The Labute approximate surface area is 146 Å².